The van der Waals surface area contributed by atoms with Gasteiger partial charge in [0.2, 0.25) is 5.90 Å². The lowest BCUT2D eigenvalue weighted by Gasteiger charge is -2.30. The van der Waals surface area contributed by atoms with E-state index in [2.05, 4.69) is 11.9 Å². The van der Waals surface area contributed by atoms with E-state index in [1.54, 1.807) is 60.7 Å². The first-order valence-corrected chi connectivity index (χ1v) is 12.8. The van der Waals surface area contributed by atoms with Crippen molar-refractivity contribution in [1.82, 2.24) is 5.32 Å². The second kappa shape index (κ2) is 12.4. The van der Waals surface area contributed by atoms with Crippen LogP contribution in [0.15, 0.2) is 84.4 Å². The van der Waals surface area contributed by atoms with Crippen LogP contribution in [0.2, 0.25) is 10.0 Å². The maximum absolute atomic E-state index is 13.8. The normalized spacial score (nSPS) is 18.4. The van der Waals surface area contributed by atoms with Gasteiger partial charge in [-0.3, -0.25) is 4.79 Å². The molecule has 2 atom stereocenters. The van der Waals surface area contributed by atoms with E-state index >= 15 is 0 Å². The minimum atomic E-state index is -1.41. The lowest BCUT2D eigenvalue weighted by molar-refractivity contribution is -0.129. The van der Waals surface area contributed by atoms with E-state index in [1.807, 2.05) is 0 Å². The summed E-state index contributed by atoms with van der Waals surface area (Å²) < 4.78 is 25.3. The molecule has 6 nitrogen and oxygen atoms in total. The number of hydrogen-bond acceptors (Lipinski definition) is 5. The zero-order chi connectivity index (χ0) is 27.1. The summed E-state index contributed by atoms with van der Waals surface area (Å²) in [5.74, 6) is 0.148. The lowest BCUT2D eigenvalue weighted by Crippen LogP contribution is -2.47. The molecule has 2 N–H and O–H groups in total. The highest BCUT2D eigenvalue weighted by molar-refractivity contribution is 6.35. The number of benzene rings is 3. The smallest absolute Gasteiger partial charge is 0.252 e. The van der Waals surface area contributed by atoms with Crippen molar-refractivity contribution in [3.05, 3.63) is 112 Å². The zero-order valence-corrected chi connectivity index (χ0v) is 22.0. The predicted molar refractivity (Wildman–Crippen MR) is 146 cm³/mol. The van der Waals surface area contributed by atoms with Crippen molar-refractivity contribution in [3.8, 4) is 5.75 Å². The van der Waals surface area contributed by atoms with Gasteiger partial charge in [-0.25, -0.2) is 9.38 Å². The van der Waals surface area contributed by atoms with E-state index in [4.69, 9.17) is 42.8 Å². The molecule has 1 aliphatic heterocycles. The van der Waals surface area contributed by atoms with Crippen LogP contribution in [-0.4, -0.2) is 35.7 Å². The second-order valence-electron chi connectivity index (χ2n) is 8.76. The van der Waals surface area contributed by atoms with Crippen LogP contribution in [0.25, 0.3) is 0 Å². The van der Waals surface area contributed by atoms with Crippen molar-refractivity contribution in [3.63, 3.8) is 0 Å². The van der Waals surface area contributed by atoms with E-state index in [1.165, 1.54) is 12.1 Å². The van der Waals surface area contributed by atoms with Gasteiger partial charge in [-0.2, -0.15) is 0 Å². The molecule has 3 aromatic rings. The average Bonchev–Trinajstić information content (AvgIpc) is 3.29. The Kier molecular flexibility index (Phi) is 9.05. The molecule has 198 valence electrons. The molecule has 1 aliphatic rings. The van der Waals surface area contributed by atoms with E-state index in [9.17, 15) is 9.18 Å². The number of carbonyl (C=O) groups is 1. The Hall–Kier alpha value is -3.39. The van der Waals surface area contributed by atoms with Crippen LogP contribution in [0.5, 0.6) is 5.75 Å². The highest BCUT2D eigenvalue weighted by Crippen LogP contribution is 2.45. The summed E-state index contributed by atoms with van der Waals surface area (Å²) >= 11 is 12.7. The molecule has 9 heteroatoms. The van der Waals surface area contributed by atoms with Crippen LogP contribution in [0.4, 0.5) is 4.39 Å². The van der Waals surface area contributed by atoms with Gasteiger partial charge in [-0.1, -0.05) is 47.5 Å². The van der Waals surface area contributed by atoms with Crippen molar-refractivity contribution < 1.29 is 23.8 Å². The van der Waals surface area contributed by atoms with Crippen molar-refractivity contribution in [2.75, 3.05) is 13.2 Å². The SMILES string of the molecule is C=CC[C@@]1(C(=O)NCc2ccc(F)cc2)N=C(c2ccc(OCCCO)cc2)O[C@@H]1c1ccc(Cl)cc1Cl. The Morgan fingerprint density at radius 2 is 1.89 bits per heavy atom. The standard InChI is InChI=1S/C29H27Cl2FN2O4/c1-2-14-29(28(36)33-18-19-4-9-22(32)10-5-19)26(24-13-8-21(30)17-25(24)31)38-27(34-29)20-6-11-23(12-7-20)37-16-3-15-35/h2,4-13,17,26,35H,1,3,14-16,18H2,(H,33,36)/t26-,29-/m1/s1. The number of carbonyl (C=O) groups excluding carboxylic acids is 1. The van der Waals surface area contributed by atoms with Gasteiger partial charge in [0.15, 0.2) is 11.6 Å². The third kappa shape index (κ3) is 6.18. The van der Waals surface area contributed by atoms with Crippen LogP contribution < -0.4 is 10.1 Å². The van der Waals surface area contributed by atoms with Crippen molar-refractivity contribution in [2.24, 2.45) is 4.99 Å². The number of nitrogens with zero attached hydrogens (tertiary/aromatic N) is 1. The molecule has 0 aliphatic carbocycles. The summed E-state index contributed by atoms with van der Waals surface area (Å²) in [7, 11) is 0. The molecule has 38 heavy (non-hydrogen) atoms. The summed E-state index contributed by atoms with van der Waals surface area (Å²) in [4.78, 5) is 18.6. The van der Waals surface area contributed by atoms with Crippen molar-refractivity contribution in [2.45, 2.75) is 31.0 Å². The van der Waals surface area contributed by atoms with Crippen molar-refractivity contribution in [1.29, 1.82) is 0 Å². The summed E-state index contributed by atoms with van der Waals surface area (Å²) in [6, 6.07) is 18.0. The minimum Gasteiger partial charge on any atom is -0.494 e. The summed E-state index contributed by atoms with van der Waals surface area (Å²) in [6.45, 7) is 4.46. The molecule has 0 unspecified atom stereocenters. The first kappa shape index (κ1) is 27.6. The largest absolute Gasteiger partial charge is 0.494 e. The van der Waals surface area contributed by atoms with Gasteiger partial charge in [0.1, 0.15) is 11.6 Å². The first-order chi connectivity index (χ1) is 18.4. The van der Waals surface area contributed by atoms with Crippen LogP contribution in [0.3, 0.4) is 0 Å². The highest BCUT2D eigenvalue weighted by Gasteiger charge is 2.53. The van der Waals surface area contributed by atoms with E-state index in [0.29, 0.717) is 39.9 Å². The Labute approximate surface area is 230 Å². The van der Waals surface area contributed by atoms with E-state index in [0.717, 1.165) is 5.56 Å². The lowest BCUT2D eigenvalue weighted by atomic mass is 9.84. The van der Waals surface area contributed by atoms with Gasteiger partial charge in [-0.15, -0.1) is 6.58 Å². The van der Waals surface area contributed by atoms with Gasteiger partial charge in [0.05, 0.1) is 6.61 Å². The van der Waals surface area contributed by atoms with Gasteiger partial charge >= 0.3 is 0 Å². The molecule has 0 saturated carbocycles. The number of ether oxygens (including phenoxy) is 2. The summed E-state index contributed by atoms with van der Waals surface area (Å²) in [6.07, 6.45) is 1.44. The molecular formula is C29H27Cl2FN2O4. The fourth-order valence-electron chi connectivity index (χ4n) is 4.16. The van der Waals surface area contributed by atoms with Gasteiger partial charge in [-0.05, 0) is 54.1 Å². The molecule has 0 saturated heterocycles. The van der Waals surface area contributed by atoms with E-state index in [-0.39, 0.29) is 31.3 Å². The second-order valence-corrected chi connectivity index (χ2v) is 9.60. The Morgan fingerprint density at radius 3 is 2.55 bits per heavy atom. The summed E-state index contributed by atoms with van der Waals surface area (Å²) in [5, 5.41) is 12.7. The number of aliphatic hydroxyl groups excluding tert-OH is 1. The molecule has 0 bridgehead atoms. The van der Waals surface area contributed by atoms with Crippen LogP contribution >= 0.6 is 23.2 Å². The molecule has 0 spiro atoms. The van der Waals surface area contributed by atoms with Crippen LogP contribution in [-0.2, 0) is 16.1 Å². The fourth-order valence-corrected chi connectivity index (χ4v) is 4.67. The number of aliphatic imine (C=N–C) groups is 1. The number of hydrogen-bond donors (Lipinski definition) is 2. The van der Waals surface area contributed by atoms with Gasteiger partial charge in [0.25, 0.3) is 5.91 Å². The van der Waals surface area contributed by atoms with E-state index < -0.39 is 17.6 Å². The third-order valence-corrected chi connectivity index (χ3v) is 6.66. The molecule has 1 heterocycles. The molecule has 4 rings (SSSR count). The molecule has 0 fully saturated rings. The third-order valence-electron chi connectivity index (χ3n) is 6.10. The number of amides is 1. The highest BCUT2D eigenvalue weighted by atomic mass is 35.5. The number of aliphatic hydroxyl groups is 1. The number of nitrogens with one attached hydrogen (secondary N) is 1. The van der Waals surface area contributed by atoms with Crippen LogP contribution in [0.1, 0.15) is 35.6 Å². The quantitative estimate of drug-likeness (QED) is 0.223. The average molecular weight is 557 g/mol. The monoisotopic (exact) mass is 556 g/mol. The van der Waals surface area contributed by atoms with Gasteiger partial charge in [0, 0.05) is 47.2 Å². The molecule has 3 aromatic carbocycles. The number of rotatable bonds is 11. The molecule has 1 amide bonds. The maximum Gasteiger partial charge on any atom is 0.252 e. The fraction of sp³-hybridized carbons (Fsp3) is 0.241. The predicted octanol–water partition coefficient (Wildman–Crippen LogP) is 6.04. The Morgan fingerprint density at radius 1 is 1.16 bits per heavy atom. The topological polar surface area (TPSA) is 80.2 Å². The first-order valence-electron chi connectivity index (χ1n) is 12.1. The molecule has 0 radical (unpaired) electrons. The Balaban J connectivity index is 1.69. The minimum absolute atomic E-state index is 0.0476. The molecule has 0 aromatic heterocycles. The van der Waals surface area contributed by atoms with Gasteiger partial charge < -0.3 is 19.9 Å². The van der Waals surface area contributed by atoms with Crippen LogP contribution in [0, 0.1) is 5.82 Å². The Bertz CT molecular complexity index is 1320. The molecular weight excluding hydrogens is 530 g/mol. The maximum atomic E-state index is 13.8. The number of halogens is 3. The van der Waals surface area contributed by atoms with Crippen molar-refractivity contribution >= 4 is 35.0 Å². The summed E-state index contributed by atoms with van der Waals surface area (Å²) in [5.41, 5.74) is 0.518. The zero-order valence-electron chi connectivity index (χ0n) is 20.5.